The summed E-state index contributed by atoms with van der Waals surface area (Å²) in [6.45, 7) is 1.69. The van der Waals surface area contributed by atoms with E-state index in [9.17, 15) is 17.9 Å². The van der Waals surface area contributed by atoms with Gasteiger partial charge in [0.1, 0.15) is 5.82 Å². The van der Waals surface area contributed by atoms with Gasteiger partial charge >= 0.3 is 0 Å². The van der Waals surface area contributed by atoms with E-state index in [1.165, 1.54) is 22.5 Å². The predicted molar refractivity (Wildman–Crippen MR) is 84.3 cm³/mol. The van der Waals surface area contributed by atoms with Gasteiger partial charge in [-0.2, -0.15) is 4.31 Å². The standard InChI is InChI=1S/C16H24FNO3S/c1-13(19)11-18(16-8-3-2-4-9-16)22(20,21)12-14-6-5-7-15(17)10-14/h5-7,10,13,16,19H,2-4,8-9,11-12H2,1H3. The van der Waals surface area contributed by atoms with Gasteiger partial charge in [0.25, 0.3) is 0 Å². The molecule has 1 aliphatic carbocycles. The Morgan fingerprint density at radius 1 is 1.32 bits per heavy atom. The van der Waals surface area contributed by atoms with E-state index in [0.29, 0.717) is 5.56 Å². The van der Waals surface area contributed by atoms with Gasteiger partial charge in [0, 0.05) is 12.6 Å². The zero-order valence-electron chi connectivity index (χ0n) is 12.9. The highest BCUT2D eigenvalue weighted by molar-refractivity contribution is 7.88. The van der Waals surface area contributed by atoms with Gasteiger partial charge in [-0.15, -0.1) is 0 Å². The molecule has 2 rings (SSSR count). The number of rotatable bonds is 6. The van der Waals surface area contributed by atoms with Gasteiger partial charge in [-0.3, -0.25) is 0 Å². The molecule has 1 atom stereocenters. The molecule has 4 nitrogen and oxygen atoms in total. The van der Waals surface area contributed by atoms with E-state index in [0.717, 1.165) is 32.1 Å². The van der Waals surface area contributed by atoms with Crippen LogP contribution in [0.3, 0.4) is 0 Å². The highest BCUT2D eigenvalue weighted by atomic mass is 32.2. The van der Waals surface area contributed by atoms with Crippen molar-refractivity contribution in [3.05, 3.63) is 35.6 Å². The summed E-state index contributed by atoms with van der Waals surface area (Å²) < 4.78 is 40.2. The fraction of sp³-hybridized carbons (Fsp3) is 0.625. The van der Waals surface area contributed by atoms with Crippen LogP contribution in [0.5, 0.6) is 0 Å². The van der Waals surface area contributed by atoms with E-state index in [1.807, 2.05) is 0 Å². The molecule has 1 aliphatic rings. The summed E-state index contributed by atoms with van der Waals surface area (Å²) in [6.07, 6.45) is 4.09. The number of hydrogen-bond donors (Lipinski definition) is 1. The van der Waals surface area contributed by atoms with Crippen LogP contribution < -0.4 is 0 Å². The SMILES string of the molecule is CC(O)CN(C1CCCCC1)S(=O)(=O)Cc1cccc(F)c1. The average molecular weight is 329 g/mol. The lowest BCUT2D eigenvalue weighted by Crippen LogP contribution is -2.45. The van der Waals surface area contributed by atoms with Crippen LogP contribution in [0.4, 0.5) is 4.39 Å². The van der Waals surface area contributed by atoms with Crippen molar-refractivity contribution >= 4 is 10.0 Å². The number of nitrogens with zero attached hydrogens (tertiary/aromatic N) is 1. The Morgan fingerprint density at radius 2 is 2.00 bits per heavy atom. The zero-order valence-corrected chi connectivity index (χ0v) is 13.7. The van der Waals surface area contributed by atoms with E-state index in [2.05, 4.69) is 0 Å². The maximum absolute atomic E-state index is 13.3. The molecule has 0 amide bonds. The molecule has 1 aromatic carbocycles. The van der Waals surface area contributed by atoms with Gasteiger partial charge in [0.05, 0.1) is 11.9 Å². The molecule has 1 N–H and O–H groups in total. The molecule has 0 radical (unpaired) electrons. The Balaban J connectivity index is 2.20. The minimum absolute atomic E-state index is 0.0538. The lowest BCUT2D eigenvalue weighted by molar-refractivity contribution is 0.136. The molecule has 124 valence electrons. The van der Waals surface area contributed by atoms with E-state index in [4.69, 9.17) is 0 Å². The van der Waals surface area contributed by atoms with Gasteiger partial charge < -0.3 is 5.11 Å². The van der Waals surface area contributed by atoms with Crippen molar-refractivity contribution in [2.24, 2.45) is 0 Å². The second-order valence-corrected chi connectivity index (χ2v) is 8.02. The minimum Gasteiger partial charge on any atom is -0.392 e. The van der Waals surface area contributed by atoms with Gasteiger partial charge in [-0.25, -0.2) is 12.8 Å². The molecule has 1 saturated carbocycles. The Morgan fingerprint density at radius 3 is 2.59 bits per heavy atom. The Labute approximate surface area is 132 Å². The van der Waals surface area contributed by atoms with Crippen LogP contribution in [-0.4, -0.2) is 36.5 Å². The summed E-state index contributed by atoms with van der Waals surface area (Å²) in [5, 5.41) is 9.66. The van der Waals surface area contributed by atoms with Crippen molar-refractivity contribution in [2.75, 3.05) is 6.54 Å². The number of aliphatic hydroxyl groups excluding tert-OH is 1. The van der Waals surface area contributed by atoms with E-state index >= 15 is 0 Å². The van der Waals surface area contributed by atoms with Crippen molar-refractivity contribution in [1.82, 2.24) is 4.31 Å². The molecular formula is C16H24FNO3S. The number of benzene rings is 1. The van der Waals surface area contributed by atoms with Crippen LogP contribution in [0.25, 0.3) is 0 Å². The van der Waals surface area contributed by atoms with E-state index in [1.54, 1.807) is 13.0 Å². The third-order valence-corrected chi connectivity index (χ3v) is 5.88. The fourth-order valence-electron chi connectivity index (χ4n) is 3.04. The summed E-state index contributed by atoms with van der Waals surface area (Å²) in [6, 6.07) is 5.62. The highest BCUT2D eigenvalue weighted by Gasteiger charge is 2.31. The van der Waals surface area contributed by atoms with Crippen LogP contribution >= 0.6 is 0 Å². The monoisotopic (exact) mass is 329 g/mol. The van der Waals surface area contributed by atoms with Gasteiger partial charge in [-0.1, -0.05) is 31.4 Å². The van der Waals surface area contributed by atoms with Gasteiger partial charge in [0.2, 0.25) is 10.0 Å². The summed E-state index contributed by atoms with van der Waals surface area (Å²) in [5.41, 5.74) is 0.436. The van der Waals surface area contributed by atoms with Crippen molar-refractivity contribution in [3.8, 4) is 0 Å². The fourth-order valence-corrected chi connectivity index (χ4v) is 4.91. The van der Waals surface area contributed by atoms with Crippen molar-refractivity contribution < 1.29 is 17.9 Å². The quantitative estimate of drug-likeness (QED) is 0.873. The molecule has 0 aromatic heterocycles. The first-order chi connectivity index (χ1) is 10.4. The molecule has 6 heteroatoms. The maximum atomic E-state index is 13.3. The Kier molecular flexibility index (Phi) is 5.94. The molecule has 22 heavy (non-hydrogen) atoms. The van der Waals surface area contributed by atoms with Crippen LogP contribution in [-0.2, 0) is 15.8 Å². The molecule has 1 aromatic rings. The molecule has 0 saturated heterocycles. The average Bonchev–Trinajstić information content (AvgIpc) is 2.45. The lowest BCUT2D eigenvalue weighted by atomic mass is 9.95. The molecule has 0 bridgehead atoms. The molecule has 0 heterocycles. The summed E-state index contributed by atoms with van der Waals surface area (Å²) in [5.74, 6) is -0.666. The smallest absolute Gasteiger partial charge is 0.218 e. The zero-order chi connectivity index (χ0) is 16.2. The maximum Gasteiger partial charge on any atom is 0.218 e. The van der Waals surface area contributed by atoms with Gasteiger partial charge in [0.15, 0.2) is 0 Å². The topological polar surface area (TPSA) is 57.6 Å². The second kappa shape index (κ2) is 7.53. The Bertz CT molecular complexity index is 583. The van der Waals surface area contributed by atoms with Crippen LogP contribution in [0.2, 0.25) is 0 Å². The van der Waals surface area contributed by atoms with Crippen molar-refractivity contribution in [3.63, 3.8) is 0 Å². The number of hydrogen-bond acceptors (Lipinski definition) is 3. The largest absolute Gasteiger partial charge is 0.392 e. The third-order valence-electron chi connectivity index (χ3n) is 4.02. The second-order valence-electron chi connectivity index (χ2n) is 6.10. The molecule has 0 spiro atoms. The molecule has 1 unspecified atom stereocenters. The minimum atomic E-state index is -3.58. The predicted octanol–water partition coefficient (Wildman–Crippen LogP) is 2.67. The van der Waals surface area contributed by atoms with E-state index in [-0.39, 0.29) is 18.3 Å². The summed E-state index contributed by atoms with van der Waals surface area (Å²) >= 11 is 0. The lowest BCUT2D eigenvalue weighted by Gasteiger charge is -2.34. The summed E-state index contributed by atoms with van der Waals surface area (Å²) in [7, 11) is -3.58. The van der Waals surface area contributed by atoms with Gasteiger partial charge in [-0.05, 0) is 37.5 Å². The van der Waals surface area contributed by atoms with Crippen molar-refractivity contribution in [1.29, 1.82) is 0 Å². The highest BCUT2D eigenvalue weighted by Crippen LogP contribution is 2.26. The molecule has 0 aliphatic heterocycles. The normalized spacial score (nSPS) is 18.5. The van der Waals surface area contributed by atoms with Crippen LogP contribution in [0, 0.1) is 5.82 Å². The first-order valence-electron chi connectivity index (χ1n) is 7.80. The number of aliphatic hydroxyl groups is 1. The summed E-state index contributed by atoms with van der Waals surface area (Å²) in [4.78, 5) is 0. The Hall–Kier alpha value is -0.980. The first kappa shape index (κ1) is 17.4. The number of sulfonamides is 1. The third kappa shape index (κ3) is 4.76. The van der Waals surface area contributed by atoms with Crippen LogP contribution in [0.15, 0.2) is 24.3 Å². The molecular weight excluding hydrogens is 305 g/mol. The molecule has 1 fully saturated rings. The first-order valence-corrected chi connectivity index (χ1v) is 9.41. The van der Waals surface area contributed by atoms with Crippen LogP contribution in [0.1, 0.15) is 44.6 Å². The van der Waals surface area contributed by atoms with Crippen molar-refractivity contribution in [2.45, 2.75) is 56.9 Å². The van der Waals surface area contributed by atoms with E-state index < -0.39 is 21.9 Å². The number of halogens is 1.